The van der Waals surface area contributed by atoms with Crippen LogP contribution in [0.4, 0.5) is 0 Å². The standard InChI is InChI=1S/C20H26N2O3/c1-14(19(23)16-8-10-18(25-4)11-9-16)21-20(24)17-7-5-6-15(12-17)13-22(2)3/h5-12,14,19,23H,13H2,1-4H3,(H,21,24). The minimum atomic E-state index is -0.792. The fourth-order valence-electron chi connectivity index (χ4n) is 2.63. The van der Waals surface area contributed by atoms with E-state index in [0.29, 0.717) is 5.56 Å². The molecule has 2 rings (SSSR count). The van der Waals surface area contributed by atoms with E-state index in [1.807, 2.05) is 37.2 Å². The molecule has 1 amide bonds. The fraction of sp³-hybridized carbons (Fsp3) is 0.350. The summed E-state index contributed by atoms with van der Waals surface area (Å²) in [6.07, 6.45) is -0.792. The average molecular weight is 342 g/mol. The van der Waals surface area contributed by atoms with Gasteiger partial charge in [-0.25, -0.2) is 0 Å². The van der Waals surface area contributed by atoms with Crippen LogP contribution in [0.1, 0.15) is 34.5 Å². The predicted octanol–water partition coefficient (Wildman–Crippen LogP) is 2.61. The van der Waals surface area contributed by atoms with Gasteiger partial charge in [0.2, 0.25) is 0 Å². The first-order valence-electron chi connectivity index (χ1n) is 8.27. The fourth-order valence-corrected chi connectivity index (χ4v) is 2.63. The third-order valence-electron chi connectivity index (χ3n) is 3.98. The van der Waals surface area contributed by atoms with Crippen molar-refractivity contribution in [2.24, 2.45) is 0 Å². The summed E-state index contributed by atoms with van der Waals surface area (Å²) in [7, 11) is 5.57. The molecule has 0 fully saturated rings. The van der Waals surface area contributed by atoms with E-state index in [0.717, 1.165) is 23.4 Å². The summed E-state index contributed by atoms with van der Waals surface area (Å²) < 4.78 is 5.12. The van der Waals surface area contributed by atoms with Crippen molar-refractivity contribution in [3.63, 3.8) is 0 Å². The van der Waals surface area contributed by atoms with E-state index >= 15 is 0 Å². The average Bonchev–Trinajstić information content (AvgIpc) is 2.60. The second-order valence-corrected chi connectivity index (χ2v) is 6.42. The highest BCUT2D eigenvalue weighted by Gasteiger charge is 2.19. The summed E-state index contributed by atoms with van der Waals surface area (Å²) in [5, 5.41) is 13.3. The zero-order valence-corrected chi connectivity index (χ0v) is 15.2. The van der Waals surface area contributed by atoms with Crippen molar-refractivity contribution < 1.29 is 14.6 Å². The van der Waals surface area contributed by atoms with Gasteiger partial charge in [0.05, 0.1) is 19.3 Å². The van der Waals surface area contributed by atoms with Gasteiger partial charge >= 0.3 is 0 Å². The van der Waals surface area contributed by atoms with Crippen molar-refractivity contribution in [3.05, 3.63) is 65.2 Å². The number of carbonyl (C=O) groups excluding carboxylic acids is 1. The van der Waals surface area contributed by atoms with Crippen LogP contribution in [0.5, 0.6) is 5.75 Å². The Morgan fingerprint density at radius 2 is 1.88 bits per heavy atom. The molecule has 2 aromatic carbocycles. The van der Waals surface area contributed by atoms with E-state index in [1.54, 1.807) is 44.4 Å². The molecule has 0 radical (unpaired) electrons. The number of methoxy groups -OCH3 is 1. The topological polar surface area (TPSA) is 61.8 Å². The van der Waals surface area contributed by atoms with Crippen molar-refractivity contribution in [2.45, 2.75) is 25.6 Å². The number of nitrogens with one attached hydrogen (secondary N) is 1. The van der Waals surface area contributed by atoms with Crippen LogP contribution in [-0.4, -0.2) is 43.2 Å². The molecule has 0 aliphatic carbocycles. The molecular weight excluding hydrogens is 316 g/mol. The van der Waals surface area contributed by atoms with Gasteiger partial charge < -0.3 is 20.1 Å². The van der Waals surface area contributed by atoms with Crippen LogP contribution in [0.15, 0.2) is 48.5 Å². The van der Waals surface area contributed by atoms with Gasteiger partial charge in [-0.15, -0.1) is 0 Å². The maximum atomic E-state index is 12.5. The van der Waals surface area contributed by atoms with E-state index in [4.69, 9.17) is 4.74 Å². The van der Waals surface area contributed by atoms with Gasteiger partial charge in [-0.2, -0.15) is 0 Å². The molecule has 0 saturated heterocycles. The SMILES string of the molecule is COc1ccc(C(O)C(C)NC(=O)c2cccc(CN(C)C)c2)cc1. The van der Waals surface area contributed by atoms with Crippen LogP contribution in [0.2, 0.25) is 0 Å². The Bertz CT molecular complexity index is 698. The van der Waals surface area contributed by atoms with Gasteiger partial charge in [0.15, 0.2) is 0 Å². The molecule has 2 unspecified atom stereocenters. The molecule has 0 heterocycles. The molecule has 0 aliphatic rings. The zero-order chi connectivity index (χ0) is 18.4. The van der Waals surface area contributed by atoms with Crippen LogP contribution in [-0.2, 0) is 6.54 Å². The number of rotatable bonds is 7. The van der Waals surface area contributed by atoms with Crippen molar-refractivity contribution >= 4 is 5.91 Å². The number of hydrogen-bond acceptors (Lipinski definition) is 4. The van der Waals surface area contributed by atoms with E-state index in [2.05, 4.69) is 5.32 Å². The molecule has 25 heavy (non-hydrogen) atoms. The number of aliphatic hydroxyl groups excluding tert-OH is 1. The molecule has 0 aliphatic heterocycles. The molecule has 2 aromatic rings. The van der Waals surface area contributed by atoms with Gasteiger partial charge in [0.25, 0.3) is 5.91 Å². The highest BCUT2D eigenvalue weighted by atomic mass is 16.5. The molecule has 0 bridgehead atoms. The lowest BCUT2D eigenvalue weighted by Gasteiger charge is -2.21. The molecule has 2 atom stereocenters. The van der Waals surface area contributed by atoms with E-state index < -0.39 is 12.1 Å². The number of ether oxygens (including phenoxy) is 1. The first-order valence-corrected chi connectivity index (χ1v) is 8.27. The quantitative estimate of drug-likeness (QED) is 0.812. The summed E-state index contributed by atoms with van der Waals surface area (Å²) in [6, 6.07) is 14.3. The van der Waals surface area contributed by atoms with Gasteiger partial charge in [-0.05, 0) is 56.4 Å². The highest BCUT2D eigenvalue weighted by Crippen LogP contribution is 2.20. The number of amides is 1. The predicted molar refractivity (Wildman–Crippen MR) is 98.7 cm³/mol. The minimum Gasteiger partial charge on any atom is -0.497 e. The van der Waals surface area contributed by atoms with E-state index in [1.165, 1.54) is 0 Å². The Balaban J connectivity index is 2.03. The zero-order valence-electron chi connectivity index (χ0n) is 15.2. The molecule has 0 spiro atoms. The van der Waals surface area contributed by atoms with Crippen molar-refractivity contribution in [2.75, 3.05) is 21.2 Å². The Morgan fingerprint density at radius 1 is 1.20 bits per heavy atom. The lowest BCUT2D eigenvalue weighted by molar-refractivity contribution is 0.0852. The molecule has 5 nitrogen and oxygen atoms in total. The summed E-state index contributed by atoms with van der Waals surface area (Å²) >= 11 is 0. The first-order chi connectivity index (χ1) is 11.9. The molecule has 5 heteroatoms. The maximum absolute atomic E-state index is 12.5. The number of aliphatic hydroxyl groups is 1. The third-order valence-corrected chi connectivity index (χ3v) is 3.98. The largest absolute Gasteiger partial charge is 0.497 e. The first kappa shape index (κ1) is 19.0. The summed E-state index contributed by atoms with van der Waals surface area (Å²) in [6.45, 7) is 2.56. The summed E-state index contributed by atoms with van der Waals surface area (Å²) in [5.74, 6) is 0.533. The Morgan fingerprint density at radius 3 is 2.48 bits per heavy atom. The highest BCUT2D eigenvalue weighted by molar-refractivity contribution is 5.94. The van der Waals surface area contributed by atoms with Crippen LogP contribution < -0.4 is 10.1 Å². The monoisotopic (exact) mass is 342 g/mol. The third kappa shape index (κ3) is 5.31. The van der Waals surface area contributed by atoms with Crippen LogP contribution in [0.3, 0.4) is 0 Å². The molecule has 0 saturated carbocycles. The van der Waals surface area contributed by atoms with Crippen LogP contribution in [0.25, 0.3) is 0 Å². The maximum Gasteiger partial charge on any atom is 0.251 e. The Hall–Kier alpha value is -2.37. The van der Waals surface area contributed by atoms with Crippen LogP contribution in [0, 0.1) is 0 Å². The van der Waals surface area contributed by atoms with E-state index in [-0.39, 0.29) is 5.91 Å². The summed E-state index contributed by atoms with van der Waals surface area (Å²) in [4.78, 5) is 14.5. The second kappa shape index (κ2) is 8.65. The number of nitrogens with zero attached hydrogens (tertiary/aromatic N) is 1. The van der Waals surface area contributed by atoms with Crippen molar-refractivity contribution in [1.29, 1.82) is 0 Å². The van der Waals surface area contributed by atoms with Gasteiger partial charge in [0.1, 0.15) is 5.75 Å². The molecular formula is C20H26N2O3. The van der Waals surface area contributed by atoms with Crippen LogP contribution >= 0.6 is 0 Å². The van der Waals surface area contributed by atoms with Gasteiger partial charge in [0, 0.05) is 12.1 Å². The van der Waals surface area contributed by atoms with Gasteiger partial charge in [-0.3, -0.25) is 4.79 Å². The van der Waals surface area contributed by atoms with E-state index in [9.17, 15) is 9.90 Å². The Labute approximate surface area is 149 Å². The molecule has 0 aromatic heterocycles. The van der Waals surface area contributed by atoms with Gasteiger partial charge in [-0.1, -0.05) is 24.3 Å². The Kier molecular flexibility index (Phi) is 6.56. The second-order valence-electron chi connectivity index (χ2n) is 6.42. The lowest BCUT2D eigenvalue weighted by atomic mass is 10.0. The number of hydrogen-bond donors (Lipinski definition) is 2. The summed E-state index contributed by atoms with van der Waals surface area (Å²) in [5.41, 5.74) is 2.39. The smallest absolute Gasteiger partial charge is 0.251 e. The minimum absolute atomic E-state index is 0.194. The molecule has 134 valence electrons. The number of carbonyl (C=O) groups is 1. The number of benzene rings is 2. The van der Waals surface area contributed by atoms with Crippen molar-refractivity contribution in [3.8, 4) is 5.75 Å². The van der Waals surface area contributed by atoms with Crippen molar-refractivity contribution in [1.82, 2.24) is 10.2 Å². The lowest BCUT2D eigenvalue weighted by Crippen LogP contribution is -2.37. The normalized spacial score (nSPS) is 13.4. The molecule has 2 N–H and O–H groups in total.